The molecule has 0 atom stereocenters. The van der Waals surface area contributed by atoms with Crippen LogP contribution >= 0.6 is 0 Å². The van der Waals surface area contributed by atoms with E-state index in [-0.39, 0.29) is 12.4 Å². The van der Waals surface area contributed by atoms with E-state index >= 15 is 0 Å². The summed E-state index contributed by atoms with van der Waals surface area (Å²) in [5, 5.41) is 0. The fraction of sp³-hybridized carbons (Fsp3) is 0. The lowest BCUT2D eigenvalue weighted by Gasteiger charge is -2.01. The van der Waals surface area contributed by atoms with Gasteiger partial charge in [-0.1, -0.05) is 0 Å². The molecule has 0 saturated carbocycles. The van der Waals surface area contributed by atoms with Crippen LogP contribution < -0.4 is 0 Å². The summed E-state index contributed by atoms with van der Waals surface area (Å²) in [6.45, 7) is 0. The summed E-state index contributed by atoms with van der Waals surface area (Å²) in [4.78, 5) is 9.85. The van der Waals surface area contributed by atoms with Crippen molar-refractivity contribution < 1.29 is 22.4 Å². The third kappa shape index (κ3) is 1.81. The topological polar surface area (TPSA) is 17.1 Å². The summed E-state index contributed by atoms with van der Waals surface area (Å²) in [6.07, 6.45) is 1.63. The average molecular weight is 204 g/mol. The van der Waals surface area contributed by atoms with E-state index in [9.17, 15) is 22.4 Å². The minimum Gasteiger partial charge on any atom is -0.299 e. The Labute approximate surface area is 76.7 Å². The molecule has 0 amide bonds. The summed E-state index contributed by atoms with van der Waals surface area (Å²) in [5.41, 5.74) is -0.908. The maximum atomic E-state index is 12.8. The number of hydrogen-bond acceptors (Lipinski definition) is 1. The summed E-state index contributed by atoms with van der Waals surface area (Å²) in [7, 11) is 0. The third-order valence-electron chi connectivity index (χ3n) is 1.49. The monoisotopic (exact) mass is 204 g/mol. The second-order valence-corrected chi connectivity index (χ2v) is 2.38. The maximum absolute atomic E-state index is 12.8. The van der Waals surface area contributed by atoms with Gasteiger partial charge in [0.2, 0.25) is 0 Å². The fourth-order valence-electron chi connectivity index (χ4n) is 0.873. The summed E-state index contributed by atoms with van der Waals surface area (Å²) < 4.78 is 50.7. The number of rotatable bonds is 2. The zero-order chi connectivity index (χ0) is 10.7. The normalized spacial score (nSPS) is 10.9. The predicted molar refractivity (Wildman–Crippen MR) is 41.4 cm³/mol. The highest BCUT2D eigenvalue weighted by Crippen LogP contribution is 2.20. The van der Waals surface area contributed by atoms with E-state index in [2.05, 4.69) is 0 Å². The average Bonchev–Trinajstić information content (AvgIpc) is 2.15. The zero-order valence-corrected chi connectivity index (χ0v) is 6.73. The molecule has 5 heteroatoms. The Balaban J connectivity index is 3.38. The van der Waals surface area contributed by atoms with Gasteiger partial charge in [0.05, 0.1) is 5.56 Å². The molecule has 1 aromatic carbocycles. The molecule has 0 N–H and O–H groups in total. The minimum absolute atomic E-state index is 0.100. The molecule has 1 rings (SSSR count). The lowest BCUT2D eigenvalue weighted by molar-refractivity contribution is -0.104. The molecule has 0 heterocycles. The molecule has 0 radical (unpaired) electrons. The highest BCUT2D eigenvalue weighted by molar-refractivity contribution is 5.74. The lowest BCUT2D eigenvalue weighted by atomic mass is 10.1. The van der Waals surface area contributed by atoms with E-state index in [1.54, 1.807) is 0 Å². The molecule has 1 nitrogen and oxygen atoms in total. The largest absolute Gasteiger partial charge is 0.299 e. The quantitative estimate of drug-likeness (QED) is 0.313. The van der Waals surface area contributed by atoms with Crippen molar-refractivity contribution in [3.05, 3.63) is 41.0 Å². The standard InChI is InChI=1S/C9H4F4O/c10-6-4-7(11)9(13)5(8(6)12)2-1-3-14/h1-4H. The van der Waals surface area contributed by atoms with Crippen LogP contribution in [0.1, 0.15) is 5.56 Å². The van der Waals surface area contributed by atoms with E-state index in [1.807, 2.05) is 0 Å². The van der Waals surface area contributed by atoms with Crippen LogP contribution in [0, 0.1) is 23.3 Å². The fourth-order valence-corrected chi connectivity index (χ4v) is 0.873. The number of benzene rings is 1. The van der Waals surface area contributed by atoms with Gasteiger partial charge < -0.3 is 0 Å². The van der Waals surface area contributed by atoms with Gasteiger partial charge in [-0.15, -0.1) is 0 Å². The van der Waals surface area contributed by atoms with Crippen LogP contribution in [-0.4, -0.2) is 6.29 Å². The first-order valence-corrected chi connectivity index (χ1v) is 3.52. The van der Waals surface area contributed by atoms with Crippen molar-refractivity contribution in [3.63, 3.8) is 0 Å². The van der Waals surface area contributed by atoms with Crippen molar-refractivity contribution in [1.29, 1.82) is 0 Å². The highest BCUT2D eigenvalue weighted by Gasteiger charge is 2.16. The van der Waals surface area contributed by atoms with Gasteiger partial charge in [-0.25, -0.2) is 17.6 Å². The van der Waals surface area contributed by atoms with Gasteiger partial charge in [0.1, 0.15) is 6.29 Å². The van der Waals surface area contributed by atoms with E-state index < -0.39 is 28.8 Å². The Hall–Kier alpha value is -1.65. The maximum Gasteiger partial charge on any atom is 0.169 e. The van der Waals surface area contributed by atoms with Crippen molar-refractivity contribution in [3.8, 4) is 0 Å². The first kappa shape index (κ1) is 10.4. The van der Waals surface area contributed by atoms with Gasteiger partial charge in [-0.05, 0) is 12.2 Å². The van der Waals surface area contributed by atoms with Crippen LogP contribution in [0.4, 0.5) is 17.6 Å². The van der Waals surface area contributed by atoms with Crippen LogP contribution in [0.5, 0.6) is 0 Å². The smallest absolute Gasteiger partial charge is 0.169 e. The number of allylic oxidation sites excluding steroid dienone is 1. The van der Waals surface area contributed by atoms with E-state index in [4.69, 9.17) is 0 Å². The van der Waals surface area contributed by atoms with E-state index in [0.29, 0.717) is 6.08 Å². The summed E-state index contributed by atoms with van der Waals surface area (Å²) in [5.74, 6) is -6.06. The molecule has 0 aliphatic carbocycles. The Kier molecular flexibility index (Phi) is 3.01. The zero-order valence-electron chi connectivity index (χ0n) is 6.73. The van der Waals surface area contributed by atoms with Crippen molar-refractivity contribution in [2.24, 2.45) is 0 Å². The van der Waals surface area contributed by atoms with Gasteiger partial charge in [0, 0.05) is 6.07 Å². The molecule has 0 aliphatic heterocycles. The highest BCUT2D eigenvalue weighted by atomic mass is 19.2. The molecule has 0 aliphatic rings. The molecule has 0 fully saturated rings. The van der Waals surface area contributed by atoms with Gasteiger partial charge in [-0.3, -0.25) is 4.79 Å². The first-order chi connectivity index (χ1) is 6.57. The first-order valence-electron chi connectivity index (χ1n) is 3.52. The predicted octanol–water partition coefficient (Wildman–Crippen LogP) is 2.46. The lowest BCUT2D eigenvalue weighted by Crippen LogP contribution is -1.97. The molecule has 0 unspecified atom stereocenters. The molecular weight excluding hydrogens is 200 g/mol. The number of aldehydes is 1. The van der Waals surface area contributed by atoms with Gasteiger partial charge in [-0.2, -0.15) is 0 Å². The summed E-state index contributed by atoms with van der Waals surface area (Å²) in [6, 6.07) is 0.100. The van der Waals surface area contributed by atoms with Crippen LogP contribution in [-0.2, 0) is 4.79 Å². The number of carbonyl (C=O) groups is 1. The summed E-state index contributed by atoms with van der Waals surface area (Å²) >= 11 is 0. The van der Waals surface area contributed by atoms with Gasteiger partial charge in [0.15, 0.2) is 23.3 Å². The van der Waals surface area contributed by atoms with E-state index in [1.165, 1.54) is 0 Å². The Morgan fingerprint density at radius 2 is 1.50 bits per heavy atom. The molecule has 0 saturated heterocycles. The Bertz CT molecular complexity index is 372. The van der Waals surface area contributed by atoms with Gasteiger partial charge in [0.25, 0.3) is 0 Å². The van der Waals surface area contributed by atoms with Crippen molar-refractivity contribution >= 4 is 12.4 Å². The molecule has 0 spiro atoms. The molecule has 0 bridgehead atoms. The molecule has 0 aromatic heterocycles. The van der Waals surface area contributed by atoms with Crippen LogP contribution in [0.25, 0.3) is 6.08 Å². The second kappa shape index (κ2) is 4.04. The third-order valence-corrected chi connectivity index (χ3v) is 1.49. The molecule has 74 valence electrons. The van der Waals surface area contributed by atoms with Gasteiger partial charge >= 0.3 is 0 Å². The minimum atomic E-state index is -1.53. The van der Waals surface area contributed by atoms with Crippen LogP contribution in [0.2, 0.25) is 0 Å². The van der Waals surface area contributed by atoms with E-state index in [0.717, 1.165) is 6.08 Å². The Morgan fingerprint density at radius 1 is 1.00 bits per heavy atom. The molecular formula is C9H4F4O. The number of carbonyl (C=O) groups excluding carboxylic acids is 1. The molecule has 14 heavy (non-hydrogen) atoms. The van der Waals surface area contributed by atoms with Crippen LogP contribution in [0.15, 0.2) is 12.1 Å². The number of halogens is 4. The van der Waals surface area contributed by atoms with Crippen molar-refractivity contribution in [2.45, 2.75) is 0 Å². The molecule has 1 aromatic rings. The second-order valence-electron chi connectivity index (χ2n) is 2.38. The van der Waals surface area contributed by atoms with Crippen LogP contribution in [0.3, 0.4) is 0 Å². The Morgan fingerprint density at radius 3 is 1.93 bits per heavy atom. The SMILES string of the molecule is O=CC=Cc1c(F)c(F)cc(F)c1F. The van der Waals surface area contributed by atoms with Crippen molar-refractivity contribution in [1.82, 2.24) is 0 Å². The van der Waals surface area contributed by atoms with Crippen molar-refractivity contribution in [2.75, 3.05) is 0 Å². The number of hydrogen-bond donors (Lipinski definition) is 0.